The fourth-order valence-electron chi connectivity index (χ4n) is 2.89. The maximum Gasteiger partial charge on any atom is 0.573 e. The SMILES string of the molecule is N#CCC(=O)N=C1S[C@@H]2CS(=O)(=O)C[C@H]2N1c1ccc(OC(F)(F)F)cc1. The zero-order valence-corrected chi connectivity index (χ0v) is 15.1. The van der Waals surface area contributed by atoms with E-state index in [0.29, 0.717) is 5.69 Å². The van der Waals surface area contributed by atoms with Crippen molar-refractivity contribution in [2.75, 3.05) is 16.4 Å². The van der Waals surface area contributed by atoms with Gasteiger partial charge in [0.2, 0.25) is 0 Å². The molecule has 2 heterocycles. The number of nitrogens with zero attached hydrogens (tertiary/aromatic N) is 3. The molecule has 12 heteroatoms. The van der Waals surface area contributed by atoms with Gasteiger partial charge in [0, 0.05) is 10.9 Å². The second kappa shape index (κ2) is 7.05. The van der Waals surface area contributed by atoms with Crippen LogP contribution in [0.1, 0.15) is 6.42 Å². The number of halogens is 3. The van der Waals surface area contributed by atoms with E-state index in [4.69, 9.17) is 5.26 Å². The minimum absolute atomic E-state index is 0.0838. The van der Waals surface area contributed by atoms with Crippen LogP contribution in [0.2, 0.25) is 0 Å². The average Bonchev–Trinajstić information content (AvgIpc) is 2.98. The standard InChI is InChI=1S/C15H12F3N3O4S2/c16-15(17,18)25-10-3-1-9(2-4-10)21-11-7-27(23,24)8-12(11)26-14(21)20-13(22)5-6-19/h1-4,11-12H,5,7-8H2/t11-,12-/m1/s1. The summed E-state index contributed by atoms with van der Waals surface area (Å²) >= 11 is 1.11. The molecule has 3 rings (SSSR count). The number of anilines is 1. The third-order valence-electron chi connectivity index (χ3n) is 3.87. The number of amidine groups is 1. The van der Waals surface area contributed by atoms with Gasteiger partial charge >= 0.3 is 6.36 Å². The van der Waals surface area contributed by atoms with E-state index in [2.05, 4.69) is 9.73 Å². The molecule has 0 aromatic heterocycles. The van der Waals surface area contributed by atoms with E-state index < -0.39 is 40.3 Å². The molecule has 2 fully saturated rings. The van der Waals surface area contributed by atoms with Crippen LogP contribution in [0.25, 0.3) is 0 Å². The predicted octanol–water partition coefficient (Wildman–Crippen LogP) is 2.10. The highest BCUT2D eigenvalue weighted by atomic mass is 32.2. The molecule has 0 spiro atoms. The number of carbonyl (C=O) groups is 1. The lowest BCUT2D eigenvalue weighted by atomic mass is 10.2. The largest absolute Gasteiger partial charge is 0.573 e. The molecule has 0 bridgehead atoms. The highest BCUT2D eigenvalue weighted by Crippen LogP contribution is 2.41. The van der Waals surface area contributed by atoms with Gasteiger partial charge in [-0.05, 0) is 24.3 Å². The highest BCUT2D eigenvalue weighted by Gasteiger charge is 2.49. The minimum atomic E-state index is -4.83. The highest BCUT2D eigenvalue weighted by molar-refractivity contribution is 8.16. The zero-order chi connectivity index (χ0) is 19.8. The van der Waals surface area contributed by atoms with Gasteiger partial charge in [-0.25, -0.2) is 8.42 Å². The molecule has 1 aromatic carbocycles. The van der Waals surface area contributed by atoms with Crippen molar-refractivity contribution < 1.29 is 31.1 Å². The van der Waals surface area contributed by atoms with Crippen LogP contribution >= 0.6 is 11.8 Å². The molecule has 1 aromatic rings. The lowest BCUT2D eigenvalue weighted by Crippen LogP contribution is -2.37. The second-order valence-electron chi connectivity index (χ2n) is 5.84. The molecule has 2 atom stereocenters. The first-order valence-electron chi connectivity index (χ1n) is 7.58. The molecule has 0 aliphatic carbocycles. The first-order chi connectivity index (χ1) is 12.6. The normalized spacial score (nSPS) is 25.3. The van der Waals surface area contributed by atoms with Crippen LogP contribution in [0.3, 0.4) is 0 Å². The summed E-state index contributed by atoms with van der Waals surface area (Å²) in [6.45, 7) is 0. The van der Waals surface area contributed by atoms with Crippen molar-refractivity contribution in [1.82, 2.24) is 0 Å². The predicted molar refractivity (Wildman–Crippen MR) is 92.1 cm³/mol. The van der Waals surface area contributed by atoms with Gasteiger partial charge in [-0.1, -0.05) is 11.8 Å². The Bertz CT molecular complexity index is 923. The Balaban J connectivity index is 1.92. The number of hydrogen-bond acceptors (Lipinski definition) is 6. The van der Waals surface area contributed by atoms with Gasteiger partial charge in [0.15, 0.2) is 15.0 Å². The topological polar surface area (TPSA) is 99.8 Å². The summed E-state index contributed by atoms with van der Waals surface area (Å²) in [7, 11) is -3.27. The summed E-state index contributed by atoms with van der Waals surface area (Å²) in [4.78, 5) is 17.1. The number of benzene rings is 1. The number of aliphatic imine (C=N–C) groups is 1. The molecular formula is C15H12F3N3O4S2. The van der Waals surface area contributed by atoms with Gasteiger partial charge in [-0.15, -0.1) is 13.2 Å². The summed E-state index contributed by atoms with van der Waals surface area (Å²) in [6.07, 6.45) is -5.25. The Morgan fingerprint density at radius 1 is 1.33 bits per heavy atom. The summed E-state index contributed by atoms with van der Waals surface area (Å²) in [6, 6.07) is 6.05. The van der Waals surface area contributed by atoms with E-state index in [9.17, 15) is 26.4 Å². The van der Waals surface area contributed by atoms with Crippen molar-refractivity contribution in [3.63, 3.8) is 0 Å². The monoisotopic (exact) mass is 419 g/mol. The number of fused-ring (bicyclic) bond motifs is 1. The Morgan fingerprint density at radius 3 is 2.59 bits per heavy atom. The number of sulfone groups is 1. The number of alkyl halides is 3. The number of ether oxygens (including phenoxy) is 1. The van der Waals surface area contributed by atoms with Crippen LogP contribution in [0.15, 0.2) is 29.3 Å². The number of carbonyl (C=O) groups excluding carboxylic acids is 1. The summed E-state index contributed by atoms with van der Waals surface area (Å²) in [5.74, 6) is -1.34. The third-order valence-corrected chi connectivity index (χ3v) is 7.08. The van der Waals surface area contributed by atoms with Crippen LogP contribution in [0.4, 0.5) is 18.9 Å². The molecular weight excluding hydrogens is 407 g/mol. The quantitative estimate of drug-likeness (QED) is 0.740. The van der Waals surface area contributed by atoms with Crippen molar-refractivity contribution in [1.29, 1.82) is 5.26 Å². The summed E-state index contributed by atoms with van der Waals surface area (Å²) in [5, 5.41) is 8.48. The van der Waals surface area contributed by atoms with Gasteiger partial charge in [0.1, 0.15) is 12.2 Å². The second-order valence-corrected chi connectivity index (χ2v) is 9.20. The number of thioether (sulfide) groups is 1. The van der Waals surface area contributed by atoms with Gasteiger partial charge in [0.05, 0.1) is 23.6 Å². The van der Waals surface area contributed by atoms with Crippen LogP contribution in [0, 0.1) is 11.3 Å². The average molecular weight is 419 g/mol. The van der Waals surface area contributed by atoms with Gasteiger partial charge in [-0.2, -0.15) is 10.3 Å². The van der Waals surface area contributed by atoms with Crippen LogP contribution < -0.4 is 9.64 Å². The third kappa shape index (κ3) is 4.54. The number of rotatable bonds is 3. The van der Waals surface area contributed by atoms with E-state index >= 15 is 0 Å². The molecule has 0 radical (unpaired) electrons. The fraction of sp³-hybridized carbons (Fsp3) is 0.400. The van der Waals surface area contributed by atoms with E-state index in [1.54, 1.807) is 6.07 Å². The maximum absolute atomic E-state index is 12.3. The molecule has 0 saturated carbocycles. The molecule has 144 valence electrons. The van der Waals surface area contributed by atoms with Crippen molar-refractivity contribution >= 4 is 38.4 Å². The van der Waals surface area contributed by atoms with E-state index in [1.807, 2.05) is 0 Å². The van der Waals surface area contributed by atoms with E-state index in [1.165, 1.54) is 17.0 Å². The van der Waals surface area contributed by atoms with E-state index in [-0.39, 0.29) is 21.9 Å². The molecule has 0 unspecified atom stereocenters. The van der Waals surface area contributed by atoms with Crippen LogP contribution in [0.5, 0.6) is 5.75 Å². The number of nitriles is 1. The van der Waals surface area contributed by atoms with Crippen molar-refractivity contribution in [2.24, 2.45) is 4.99 Å². The molecule has 0 N–H and O–H groups in total. The molecule has 2 aliphatic heterocycles. The smallest absolute Gasteiger partial charge is 0.406 e. The lowest BCUT2D eigenvalue weighted by Gasteiger charge is -2.24. The summed E-state index contributed by atoms with van der Waals surface area (Å²) in [5.41, 5.74) is 0.380. The molecule has 1 amide bonds. The van der Waals surface area contributed by atoms with Crippen molar-refractivity contribution in [3.05, 3.63) is 24.3 Å². The molecule has 2 saturated heterocycles. The number of hydrogen-bond donors (Lipinski definition) is 0. The Labute approximate surface area is 156 Å². The lowest BCUT2D eigenvalue weighted by molar-refractivity contribution is -0.274. The van der Waals surface area contributed by atoms with Gasteiger partial charge in [-0.3, -0.25) is 4.79 Å². The Kier molecular flexibility index (Phi) is 5.09. The van der Waals surface area contributed by atoms with Crippen molar-refractivity contribution in [2.45, 2.75) is 24.1 Å². The molecule has 27 heavy (non-hydrogen) atoms. The Hall–Kier alpha value is -2.26. The molecule has 7 nitrogen and oxygen atoms in total. The zero-order valence-electron chi connectivity index (χ0n) is 13.5. The van der Waals surface area contributed by atoms with Crippen LogP contribution in [-0.4, -0.2) is 48.7 Å². The first kappa shape index (κ1) is 19.5. The summed E-state index contributed by atoms with van der Waals surface area (Å²) < 4.78 is 64.6. The van der Waals surface area contributed by atoms with E-state index in [0.717, 1.165) is 23.9 Å². The van der Waals surface area contributed by atoms with Gasteiger partial charge in [0.25, 0.3) is 5.91 Å². The number of amides is 1. The van der Waals surface area contributed by atoms with Crippen LogP contribution in [-0.2, 0) is 14.6 Å². The van der Waals surface area contributed by atoms with Crippen molar-refractivity contribution in [3.8, 4) is 11.8 Å². The molecule has 2 aliphatic rings. The maximum atomic E-state index is 12.3. The first-order valence-corrected chi connectivity index (χ1v) is 10.3. The minimum Gasteiger partial charge on any atom is -0.406 e. The Morgan fingerprint density at radius 2 is 2.00 bits per heavy atom. The fourth-order valence-corrected chi connectivity index (χ4v) is 6.82. The van der Waals surface area contributed by atoms with Gasteiger partial charge < -0.3 is 9.64 Å².